The van der Waals surface area contributed by atoms with Crippen molar-refractivity contribution >= 4 is 11.6 Å². The molecule has 1 aliphatic rings. The van der Waals surface area contributed by atoms with Gasteiger partial charge in [0.05, 0.1) is 5.56 Å². The zero-order chi connectivity index (χ0) is 21.1. The fourth-order valence-electron chi connectivity index (χ4n) is 3.48. The molecular weight excluding hydrogens is 395 g/mol. The maximum absolute atomic E-state index is 12.7. The van der Waals surface area contributed by atoms with Gasteiger partial charge >= 0.3 is 6.18 Å². The minimum atomic E-state index is -4.46. The van der Waals surface area contributed by atoms with E-state index in [4.69, 9.17) is 4.74 Å². The van der Waals surface area contributed by atoms with E-state index in [1.165, 1.54) is 24.2 Å². The second-order valence-corrected chi connectivity index (χ2v) is 7.12. The van der Waals surface area contributed by atoms with Gasteiger partial charge in [0.1, 0.15) is 11.6 Å². The molecule has 8 heteroatoms. The van der Waals surface area contributed by atoms with Gasteiger partial charge in [-0.15, -0.1) is 0 Å². The van der Waals surface area contributed by atoms with Crippen molar-refractivity contribution in [3.05, 3.63) is 66.0 Å². The number of aromatic nitrogens is 2. The van der Waals surface area contributed by atoms with Crippen LogP contribution in [0.15, 0.2) is 54.7 Å². The summed E-state index contributed by atoms with van der Waals surface area (Å²) in [7, 11) is 0. The van der Waals surface area contributed by atoms with E-state index < -0.39 is 24.3 Å². The van der Waals surface area contributed by atoms with Crippen LogP contribution in [0.5, 0.6) is 5.75 Å². The lowest BCUT2D eigenvalue weighted by molar-refractivity contribution is -0.137. The number of hydrogen-bond donors (Lipinski definition) is 1. The van der Waals surface area contributed by atoms with Crippen LogP contribution in [-0.2, 0) is 23.9 Å². The number of carbonyl (C=O) groups excluding carboxylic acids is 1. The minimum absolute atomic E-state index is 0.0144. The van der Waals surface area contributed by atoms with Crippen molar-refractivity contribution in [2.45, 2.75) is 32.0 Å². The molecule has 5 nitrogen and oxygen atoms in total. The number of fused-ring (bicyclic) bond motifs is 1. The molecule has 0 spiro atoms. The van der Waals surface area contributed by atoms with Gasteiger partial charge in [-0.1, -0.05) is 6.07 Å². The summed E-state index contributed by atoms with van der Waals surface area (Å²) in [6, 6.07) is 11.7. The molecular formula is C22H20F3N3O2. The third-order valence-electron chi connectivity index (χ3n) is 4.96. The quantitative estimate of drug-likeness (QED) is 0.643. The number of halogens is 3. The molecule has 0 aliphatic carbocycles. The molecule has 2 heterocycles. The van der Waals surface area contributed by atoms with Gasteiger partial charge in [-0.05, 0) is 61.7 Å². The highest BCUT2D eigenvalue weighted by Gasteiger charge is 2.30. The number of aryl methyl sites for hydroxylation is 1. The molecule has 2 aromatic carbocycles. The third-order valence-corrected chi connectivity index (χ3v) is 4.96. The molecule has 0 saturated carbocycles. The average molecular weight is 415 g/mol. The van der Waals surface area contributed by atoms with Crippen LogP contribution in [0.3, 0.4) is 0 Å². The topological polar surface area (TPSA) is 56.1 Å². The SMILES string of the molecule is O=C(COc1cccc(C(F)(F)F)c1)Nc1ccc(-c2ncc3n2CCCC3)cc1. The van der Waals surface area contributed by atoms with Crippen LogP contribution in [0.2, 0.25) is 0 Å². The molecule has 3 aromatic rings. The lowest BCUT2D eigenvalue weighted by Crippen LogP contribution is -2.20. The number of alkyl halides is 3. The number of ether oxygens (including phenoxy) is 1. The Morgan fingerprint density at radius 2 is 1.93 bits per heavy atom. The Bertz CT molecular complexity index is 1040. The van der Waals surface area contributed by atoms with Crippen molar-refractivity contribution < 1.29 is 22.7 Å². The Morgan fingerprint density at radius 3 is 2.70 bits per heavy atom. The van der Waals surface area contributed by atoms with Gasteiger partial charge in [-0.2, -0.15) is 13.2 Å². The number of nitrogens with one attached hydrogen (secondary N) is 1. The molecule has 0 saturated heterocycles. The first kappa shape index (κ1) is 20.0. The zero-order valence-corrected chi connectivity index (χ0v) is 16.1. The first-order chi connectivity index (χ1) is 14.4. The summed E-state index contributed by atoms with van der Waals surface area (Å²) >= 11 is 0. The van der Waals surface area contributed by atoms with E-state index in [9.17, 15) is 18.0 Å². The smallest absolute Gasteiger partial charge is 0.416 e. The number of hydrogen-bond acceptors (Lipinski definition) is 3. The van der Waals surface area contributed by atoms with Gasteiger partial charge in [0.25, 0.3) is 5.91 Å². The number of nitrogens with zero attached hydrogens (tertiary/aromatic N) is 2. The first-order valence-electron chi connectivity index (χ1n) is 9.65. The summed E-state index contributed by atoms with van der Waals surface area (Å²) < 4.78 is 45.6. The Labute approximate surface area is 171 Å². The van der Waals surface area contributed by atoms with Crippen molar-refractivity contribution in [1.29, 1.82) is 0 Å². The maximum Gasteiger partial charge on any atom is 0.416 e. The van der Waals surface area contributed by atoms with Crippen LogP contribution < -0.4 is 10.1 Å². The van der Waals surface area contributed by atoms with Gasteiger partial charge in [0, 0.05) is 29.7 Å². The van der Waals surface area contributed by atoms with Gasteiger partial charge in [0.15, 0.2) is 6.61 Å². The molecule has 0 unspecified atom stereocenters. The number of amides is 1. The van der Waals surface area contributed by atoms with Crippen molar-refractivity contribution in [1.82, 2.24) is 9.55 Å². The molecule has 1 aliphatic heterocycles. The zero-order valence-electron chi connectivity index (χ0n) is 16.1. The standard InChI is InChI=1S/C22H20F3N3O2/c23-22(24,25)16-4-3-6-19(12-16)30-14-20(29)27-17-9-7-15(8-10-17)21-26-13-18-5-1-2-11-28(18)21/h3-4,6-10,12-13H,1-2,5,11,14H2,(H,27,29). The second kappa shape index (κ2) is 8.22. The van der Waals surface area contributed by atoms with Crippen LogP contribution >= 0.6 is 0 Å². The number of rotatable bonds is 5. The molecule has 1 aromatic heterocycles. The van der Waals surface area contributed by atoms with Gasteiger partial charge < -0.3 is 14.6 Å². The normalized spacial score (nSPS) is 13.6. The third kappa shape index (κ3) is 4.48. The van der Waals surface area contributed by atoms with Crippen LogP contribution in [0.4, 0.5) is 18.9 Å². The number of anilines is 1. The predicted octanol–water partition coefficient (Wildman–Crippen LogP) is 4.92. The molecule has 156 valence electrons. The molecule has 0 fully saturated rings. The second-order valence-electron chi connectivity index (χ2n) is 7.12. The van der Waals surface area contributed by atoms with E-state index in [1.807, 2.05) is 18.3 Å². The molecule has 1 amide bonds. The highest BCUT2D eigenvalue weighted by molar-refractivity contribution is 5.92. The Balaban J connectivity index is 1.36. The van der Waals surface area contributed by atoms with E-state index in [2.05, 4.69) is 14.9 Å². The highest BCUT2D eigenvalue weighted by atomic mass is 19.4. The summed E-state index contributed by atoms with van der Waals surface area (Å²) in [5, 5.41) is 2.68. The van der Waals surface area contributed by atoms with Crippen LogP contribution in [0.25, 0.3) is 11.4 Å². The summed E-state index contributed by atoms with van der Waals surface area (Å²) in [5.41, 5.74) is 1.95. The van der Waals surface area contributed by atoms with Crippen molar-refractivity contribution in [2.24, 2.45) is 0 Å². The summed E-state index contributed by atoms with van der Waals surface area (Å²) in [4.78, 5) is 16.6. The minimum Gasteiger partial charge on any atom is -0.484 e. The van der Waals surface area contributed by atoms with E-state index >= 15 is 0 Å². The van der Waals surface area contributed by atoms with Crippen LogP contribution in [0, 0.1) is 0 Å². The van der Waals surface area contributed by atoms with Crippen molar-refractivity contribution in [2.75, 3.05) is 11.9 Å². The lowest BCUT2D eigenvalue weighted by Gasteiger charge is -2.16. The Morgan fingerprint density at radius 1 is 1.13 bits per heavy atom. The Kier molecular flexibility index (Phi) is 5.48. The molecule has 0 atom stereocenters. The van der Waals surface area contributed by atoms with Gasteiger partial charge in [-0.25, -0.2) is 4.98 Å². The van der Waals surface area contributed by atoms with E-state index in [-0.39, 0.29) is 5.75 Å². The molecule has 0 bridgehead atoms. The van der Waals surface area contributed by atoms with Crippen molar-refractivity contribution in [3.8, 4) is 17.1 Å². The van der Waals surface area contributed by atoms with Crippen LogP contribution in [0.1, 0.15) is 24.1 Å². The monoisotopic (exact) mass is 415 g/mol. The lowest BCUT2D eigenvalue weighted by atomic mass is 10.1. The number of imidazole rings is 1. The van der Waals surface area contributed by atoms with E-state index in [0.717, 1.165) is 42.9 Å². The number of benzene rings is 2. The van der Waals surface area contributed by atoms with Gasteiger partial charge in [-0.3, -0.25) is 4.79 Å². The summed E-state index contributed by atoms with van der Waals surface area (Å²) in [5.74, 6) is 0.438. The fourth-order valence-corrected chi connectivity index (χ4v) is 3.48. The van der Waals surface area contributed by atoms with E-state index in [1.54, 1.807) is 12.1 Å². The molecule has 0 radical (unpaired) electrons. The molecule has 4 rings (SSSR count). The first-order valence-corrected chi connectivity index (χ1v) is 9.65. The van der Waals surface area contributed by atoms with Crippen molar-refractivity contribution in [3.63, 3.8) is 0 Å². The average Bonchev–Trinajstić information content (AvgIpc) is 3.17. The van der Waals surface area contributed by atoms with Gasteiger partial charge in [0.2, 0.25) is 0 Å². The van der Waals surface area contributed by atoms with E-state index in [0.29, 0.717) is 5.69 Å². The highest BCUT2D eigenvalue weighted by Crippen LogP contribution is 2.31. The largest absolute Gasteiger partial charge is 0.484 e. The molecule has 30 heavy (non-hydrogen) atoms. The maximum atomic E-state index is 12.7. The fraction of sp³-hybridized carbons (Fsp3) is 0.273. The predicted molar refractivity (Wildman–Crippen MR) is 106 cm³/mol. The number of carbonyl (C=O) groups is 1. The molecule has 1 N–H and O–H groups in total. The Hall–Kier alpha value is -3.29. The summed E-state index contributed by atoms with van der Waals surface area (Å²) in [6.45, 7) is 0.562. The summed E-state index contributed by atoms with van der Waals surface area (Å²) in [6.07, 6.45) is 0.800. The van der Waals surface area contributed by atoms with Crippen LogP contribution in [-0.4, -0.2) is 22.1 Å².